The van der Waals surface area contributed by atoms with Gasteiger partial charge in [-0.2, -0.15) is 5.11 Å². The molecule has 0 saturated carbocycles. The van der Waals surface area contributed by atoms with Crippen LogP contribution in [-0.2, 0) is 12.8 Å². The summed E-state index contributed by atoms with van der Waals surface area (Å²) in [6.45, 7) is 0. The Bertz CT molecular complexity index is 1360. The van der Waals surface area contributed by atoms with Gasteiger partial charge in [-0.3, -0.25) is 0 Å². The molecule has 3 aromatic carbocycles. The molecule has 7 heteroatoms. The van der Waals surface area contributed by atoms with Crippen molar-refractivity contribution in [2.24, 2.45) is 10.2 Å². The molecule has 2 N–H and O–H groups in total. The zero-order chi connectivity index (χ0) is 23.4. The number of phenols is 2. The molecular weight excluding hydrogens is 418 g/mol. The van der Waals surface area contributed by atoms with E-state index in [1.54, 1.807) is 12.1 Å². The normalized spacial score (nSPS) is 12.4. The topological polar surface area (TPSA) is 98.6 Å². The van der Waals surface area contributed by atoms with Crippen LogP contribution in [0.4, 0.5) is 17.1 Å². The predicted octanol–water partition coefficient (Wildman–Crippen LogP) is 5.86. The molecule has 5 rings (SSSR count). The van der Waals surface area contributed by atoms with Crippen LogP contribution in [-0.4, -0.2) is 24.3 Å². The maximum atomic E-state index is 11.8. The molecule has 33 heavy (non-hydrogen) atoms. The fourth-order valence-corrected chi connectivity index (χ4v) is 3.75. The zero-order valence-electron chi connectivity index (χ0n) is 18.5. The van der Waals surface area contributed by atoms with Crippen LogP contribution in [0.15, 0.2) is 86.2 Å². The summed E-state index contributed by atoms with van der Waals surface area (Å²) in [5, 5.41) is 27.5. The fourth-order valence-electron chi connectivity index (χ4n) is 3.75. The largest absolute Gasteiger partial charge is 0.508 e. The van der Waals surface area contributed by atoms with Gasteiger partial charge in [-0.25, -0.2) is 4.79 Å². The molecule has 0 spiro atoms. The molecule has 0 fully saturated rings. The summed E-state index contributed by atoms with van der Waals surface area (Å²) in [6, 6.07) is 19.4. The second kappa shape index (κ2) is 9.56. The Balaban J connectivity index is 0.000000157. The van der Waals surface area contributed by atoms with Gasteiger partial charge in [-0.1, -0.05) is 18.2 Å². The molecule has 0 radical (unpaired) electrons. The van der Waals surface area contributed by atoms with Gasteiger partial charge in [0.25, 0.3) is 0 Å². The molecule has 1 aliphatic carbocycles. The maximum Gasteiger partial charge on any atom is 0.339 e. The van der Waals surface area contributed by atoms with E-state index in [9.17, 15) is 9.90 Å². The van der Waals surface area contributed by atoms with Crippen molar-refractivity contribution in [3.05, 3.63) is 88.3 Å². The smallest absolute Gasteiger partial charge is 0.339 e. The number of hydrogen-bond acceptors (Lipinski definition) is 7. The summed E-state index contributed by atoms with van der Waals surface area (Å²) in [4.78, 5) is 13.8. The number of aryl methyl sites for hydroxylation is 1. The molecule has 0 unspecified atom stereocenters. The van der Waals surface area contributed by atoms with Gasteiger partial charge < -0.3 is 19.5 Å². The Morgan fingerprint density at radius 3 is 2.36 bits per heavy atom. The Morgan fingerprint density at radius 2 is 1.64 bits per heavy atom. The minimum Gasteiger partial charge on any atom is -0.508 e. The van der Waals surface area contributed by atoms with Gasteiger partial charge in [0.05, 0.1) is 5.69 Å². The zero-order valence-corrected chi connectivity index (χ0v) is 18.5. The number of benzene rings is 3. The standard InChI is InChI=1S/C14H15NO2.C12H10N2O2/c1-15(2)9-6-7-11-10-4-3-5-12(10)14(16)17-13(11)8-9;15-10-6-7-11(12(16)8-10)14-13-9-4-2-1-3-5-9/h6-8H,3-5H2,1-2H3;1-8,15-16H. The van der Waals surface area contributed by atoms with Crippen molar-refractivity contribution in [2.75, 3.05) is 19.0 Å². The van der Waals surface area contributed by atoms with Gasteiger partial charge in [0.2, 0.25) is 0 Å². The molecule has 1 aliphatic rings. The molecule has 0 bridgehead atoms. The Morgan fingerprint density at radius 1 is 0.879 bits per heavy atom. The Kier molecular flexibility index (Phi) is 6.40. The van der Waals surface area contributed by atoms with Crippen LogP contribution in [0.1, 0.15) is 17.5 Å². The molecule has 0 amide bonds. The van der Waals surface area contributed by atoms with Crippen molar-refractivity contribution >= 4 is 28.0 Å². The highest BCUT2D eigenvalue weighted by molar-refractivity contribution is 5.85. The van der Waals surface area contributed by atoms with Gasteiger partial charge in [0.1, 0.15) is 22.8 Å². The number of azo groups is 1. The van der Waals surface area contributed by atoms with E-state index in [-0.39, 0.29) is 17.1 Å². The van der Waals surface area contributed by atoms with Gasteiger partial charge in [-0.05, 0) is 61.2 Å². The number of anilines is 1. The van der Waals surface area contributed by atoms with E-state index in [0.29, 0.717) is 17.0 Å². The van der Waals surface area contributed by atoms with Crippen molar-refractivity contribution in [3.8, 4) is 11.5 Å². The second-order valence-corrected chi connectivity index (χ2v) is 7.98. The molecular formula is C26H25N3O4. The monoisotopic (exact) mass is 443 g/mol. The van der Waals surface area contributed by atoms with Crippen LogP contribution in [0.25, 0.3) is 11.0 Å². The van der Waals surface area contributed by atoms with Crippen LogP contribution in [0.2, 0.25) is 0 Å². The SMILES string of the molecule is CN(C)c1ccc2c3c(c(=O)oc2c1)CCC3.Oc1ccc(N=Nc2ccccc2)c(O)c1. The average Bonchev–Trinajstić information content (AvgIpc) is 3.30. The lowest BCUT2D eigenvalue weighted by Crippen LogP contribution is -2.10. The summed E-state index contributed by atoms with van der Waals surface area (Å²) in [5.74, 6) is -0.101. The van der Waals surface area contributed by atoms with Crippen molar-refractivity contribution in [1.82, 2.24) is 0 Å². The first-order valence-corrected chi connectivity index (χ1v) is 10.7. The maximum absolute atomic E-state index is 11.8. The molecule has 1 aromatic heterocycles. The highest BCUT2D eigenvalue weighted by Gasteiger charge is 2.19. The minimum absolute atomic E-state index is 0.00355. The lowest BCUT2D eigenvalue weighted by atomic mass is 10.1. The van der Waals surface area contributed by atoms with Crippen LogP contribution in [0.5, 0.6) is 11.5 Å². The summed E-state index contributed by atoms with van der Waals surface area (Å²) in [7, 11) is 3.96. The second-order valence-electron chi connectivity index (χ2n) is 7.98. The minimum atomic E-state index is -0.152. The summed E-state index contributed by atoms with van der Waals surface area (Å²) < 4.78 is 5.41. The first kappa shape index (κ1) is 22.1. The lowest BCUT2D eigenvalue weighted by Gasteiger charge is -2.13. The van der Waals surface area contributed by atoms with Crippen molar-refractivity contribution in [1.29, 1.82) is 0 Å². The fraction of sp³-hybridized carbons (Fsp3) is 0.192. The molecule has 0 aliphatic heterocycles. The number of phenolic OH excluding ortho intramolecular Hbond substituents is 2. The molecule has 0 saturated heterocycles. The van der Waals surface area contributed by atoms with E-state index in [4.69, 9.17) is 9.52 Å². The van der Waals surface area contributed by atoms with Crippen LogP contribution in [0.3, 0.4) is 0 Å². The molecule has 7 nitrogen and oxygen atoms in total. The van der Waals surface area contributed by atoms with E-state index < -0.39 is 0 Å². The summed E-state index contributed by atoms with van der Waals surface area (Å²) in [5.41, 5.74) is 4.72. The predicted molar refractivity (Wildman–Crippen MR) is 129 cm³/mol. The van der Waals surface area contributed by atoms with E-state index in [2.05, 4.69) is 22.4 Å². The first-order chi connectivity index (χ1) is 15.9. The van der Waals surface area contributed by atoms with E-state index in [1.807, 2.05) is 43.3 Å². The third-order valence-corrected chi connectivity index (χ3v) is 5.46. The first-order valence-electron chi connectivity index (χ1n) is 10.7. The third kappa shape index (κ3) is 5.03. The van der Waals surface area contributed by atoms with Gasteiger partial charge in [0.15, 0.2) is 0 Å². The number of fused-ring (bicyclic) bond motifs is 3. The summed E-state index contributed by atoms with van der Waals surface area (Å²) >= 11 is 0. The quantitative estimate of drug-likeness (QED) is 0.305. The van der Waals surface area contributed by atoms with Crippen LogP contribution >= 0.6 is 0 Å². The van der Waals surface area contributed by atoms with Crippen LogP contribution < -0.4 is 10.5 Å². The highest BCUT2D eigenvalue weighted by Crippen LogP contribution is 2.31. The van der Waals surface area contributed by atoms with Crippen molar-refractivity contribution in [3.63, 3.8) is 0 Å². The highest BCUT2D eigenvalue weighted by atomic mass is 16.4. The van der Waals surface area contributed by atoms with Crippen molar-refractivity contribution in [2.45, 2.75) is 19.3 Å². The number of nitrogens with zero attached hydrogens (tertiary/aromatic N) is 3. The van der Waals surface area contributed by atoms with Crippen LogP contribution in [0, 0.1) is 0 Å². The Hall–Kier alpha value is -4.13. The van der Waals surface area contributed by atoms with E-state index >= 15 is 0 Å². The molecule has 4 aromatic rings. The third-order valence-electron chi connectivity index (χ3n) is 5.46. The van der Waals surface area contributed by atoms with E-state index in [1.165, 1.54) is 23.8 Å². The average molecular weight is 444 g/mol. The molecule has 1 heterocycles. The number of rotatable bonds is 3. The number of hydrogen-bond donors (Lipinski definition) is 2. The van der Waals surface area contributed by atoms with Gasteiger partial charge in [-0.15, -0.1) is 5.11 Å². The molecule has 0 atom stereocenters. The van der Waals surface area contributed by atoms with Crippen molar-refractivity contribution < 1.29 is 14.6 Å². The van der Waals surface area contributed by atoms with Gasteiger partial charge in [0, 0.05) is 42.9 Å². The molecule has 168 valence electrons. The number of aromatic hydroxyl groups is 2. The van der Waals surface area contributed by atoms with E-state index in [0.717, 1.165) is 35.9 Å². The van der Waals surface area contributed by atoms with Gasteiger partial charge >= 0.3 is 5.63 Å². The Labute approximate surface area is 191 Å². The summed E-state index contributed by atoms with van der Waals surface area (Å²) in [6.07, 6.45) is 2.93. The lowest BCUT2D eigenvalue weighted by molar-refractivity contribution is 0.451.